The van der Waals surface area contributed by atoms with Crippen LogP contribution in [-0.4, -0.2) is 20.9 Å². The van der Waals surface area contributed by atoms with Gasteiger partial charge in [-0.1, -0.05) is 30.3 Å². The summed E-state index contributed by atoms with van der Waals surface area (Å²) in [5, 5.41) is 3.20. The molecule has 136 valence electrons. The molecule has 1 aliphatic carbocycles. The fourth-order valence-electron chi connectivity index (χ4n) is 3.53. The van der Waals surface area contributed by atoms with E-state index >= 15 is 0 Å². The third-order valence-electron chi connectivity index (χ3n) is 5.13. The molecule has 0 radical (unpaired) electrons. The fourth-order valence-corrected chi connectivity index (χ4v) is 3.53. The van der Waals surface area contributed by atoms with Crippen molar-refractivity contribution in [2.24, 2.45) is 0 Å². The van der Waals surface area contributed by atoms with Gasteiger partial charge in [0, 0.05) is 35.4 Å². The van der Waals surface area contributed by atoms with Crippen LogP contribution in [-0.2, 0) is 11.2 Å². The third-order valence-corrected chi connectivity index (χ3v) is 5.13. The Bertz CT molecular complexity index is 928. The maximum Gasteiger partial charge on any atom is 0.227 e. The van der Waals surface area contributed by atoms with Crippen LogP contribution >= 0.6 is 0 Å². The molecule has 2 unspecified atom stereocenters. The first-order chi connectivity index (χ1) is 13.2. The smallest absolute Gasteiger partial charge is 0.227 e. The van der Waals surface area contributed by atoms with Crippen molar-refractivity contribution in [1.82, 2.24) is 20.3 Å². The molecule has 1 aliphatic rings. The summed E-state index contributed by atoms with van der Waals surface area (Å²) in [5.41, 5.74) is 4.04. The second-order valence-electron chi connectivity index (χ2n) is 6.92. The zero-order valence-electron chi connectivity index (χ0n) is 15.3. The van der Waals surface area contributed by atoms with Crippen molar-refractivity contribution >= 4 is 5.91 Å². The molecule has 2 heterocycles. The quantitative estimate of drug-likeness (QED) is 0.769. The second kappa shape index (κ2) is 7.66. The molecule has 3 aromatic rings. The average molecular weight is 358 g/mol. The summed E-state index contributed by atoms with van der Waals surface area (Å²) in [6, 6.07) is 13.7. The molecule has 4 rings (SSSR count). The number of nitrogens with zero attached hydrogens (tertiary/aromatic N) is 3. The number of fused-ring (bicyclic) bond motifs is 1. The molecule has 2 aromatic heterocycles. The van der Waals surface area contributed by atoms with Crippen molar-refractivity contribution in [3.8, 4) is 11.4 Å². The average Bonchev–Trinajstić information content (AvgIpc) is 2.74. The van der Waals surface area contributed by atoms with Crippen LogP contribution in [0.2, 0.25) is 0 Å². The zero-order valence-corrected chi connectivity index (χ0v) is 15.3. The van der Waals surface area contributed by atoms with Gasteiger partial charge in [0.1, 0.15) is 0 Å². The summed E-state index contributed by atoms with van der Waals surface area (Å²) >= 11 is 0. The number of nitrogens with one attached hydrogen (secondary N) is 1. The Morgan fingerprint density at radius 2 is 1.93 bits per heavy atom. The lowest BCUT2D eigenvalue weighted by atomic mass is 9.91. The number of carbonyl (C=O) groups is 1. The molecule has 1 amide bonds. The van der Waals surface area contributed by atoms with E-state index in [1.807, 2.05) is 55.6 Å². The van der Waals surface area contributed by atoms with E-state index in [2.05, 4.69) is 15.3 Å². The number of hydrogen-bond acceptors (Lipinski definition) is 4. The Kier molecular flexibility index (Phi) is 4.92. The topological polar surface area (TPSA) is 67.8 Å². The van der Waals surface area contributed by atoms with Gasteiger partial charge in [0.25, 0.3) is 0 Å². The van der Waals surface area contributed by atoms with E-state index in [4.69, 9.17) is 4.98 Å². The van der Waals surface area contributed by atoms with Crippen molar-refractivity contribution in [3.05, 3.63) is 77.9 Å². The number of aryl methyl sites for hydroxylation is 1. The minimum atomic E-state index is -0.186. The van der Waals surface area contributed by atoms with Crippen molar-refractivity contribution < 1.29 is 4.79 Å². The normalized spacial score (nSPS) is 17.0. The van der Waals surface area contributed by atoms with Gasteiger partial charge in [-0.05, 0) is 43.9 Å². The van der Waals surface area contributed by atoms with Gasteiger partial charge < -0.3 is 5.32 Å². The SMILES string of the molecule is CC(C(=O)NC1CCCc2nc(-c3ccncc3)ncc21)c1ccccc1. The Hall–Kier alpha value is -3.08. The first-order valence-corrected chi connectivity index (χ1v) is 9.34. The Morgan fingerprint density at radius 3 is 2.70 bits per heavy atom. The van der Waals surface area contributed by atoms with Gasteiger partial charge in [0.05, 0.1) is 12.0 Å². The maximum atomic E-state index is 12.8. The third kappa shape index (κ3) is 3.72. The minimum Gasteiger partial charge on any atom is -0.349 e. The Labute approximate surface area is 158 Å². The lowest BCUT2D eigenvalue weighted by molar-refractivity contribution is -0.123. The van der Waals surface area contributed by atoms with Crippen LogP contribution < -0.4 is 5.32 Å². The molecule has 0 saturated heterocycles. The van der Waals surface area contributed by atoms with Gasteiger partial charge in [0.15, 0.2) is 5.82 Å². The van der Waals surface area contributed by atoms with Crippen molar-refractivity contribution in [3.63, 3.8) is 0 Å². The first-order valence-electron chi connectivity index (χ1n) is 9.34. The van der Waals surface area contributed by atoms with E-state index in [0.717, 1.165) is 41.6 Å². The molecule has 0 spiro atoms. The van der Waals surface area contributed by atoms with Gasteiger partial charge >= 0.3 is 0 Å². The number of hydrogen-bond donors (Lipinski definition) is 1. The lowest BCUT2D eigenvalue weighted by Crippen LogP contribution is -2.34. The van der Waals surface area contributed by atoms with Crippen LogP contribution in [0.15, 0.2) is 61.1 Å². The van der Waals surface area contributed by atoms with Gasteiger partial charge in [-0.25, -0.2) is 9.97 Å². The van der Waals surface area contributed by atoms with E-state index in [1.54, 1.807) is 12.4 Å². The summed E-state index contributed by atoms with van der Waals surface area (Å²) in [6.07, 6.45) is 8.19. The lowest BCUT2D eigenvalue weighted by Gasteiger charge is -2.27. The second-order valence-corrected chi connectivity index (χ2v) is 6.92. The predicted octanol–water partition coefficient (Wildman–Crippen LogP) is 3.84. The first kappa shape index (κ1) is 17.3. The van der Waals surface area contributed by atoms with Gasteiger partial charge in [-0.15, -0.1) is 0 Å². The molecule has 1 N–H and O–H groups in total. The van der Waals surface area contributed by atoms with Crippen molar-refractivity contribution in [2.45, 2.75) is 38.1 Å². The summed E-state index contributed by atoms with van der Waals surface area (Å²) in [7, 11) is 0. The molecular weight excluding hydrogens is 336 g/mol. The zero-order chi connectivity index (χ0) is 18.6. The summed E-state index contributed by atoms with van der Waals surface area (Å²) in [4.78, 5) is 26.1. The molecular formula is C22H22N4O. The number of amides is 1. The monoisotopic (exact) mass is 358 g/mol. The molecule has 2 atom stereocenters. The van der Waals surface area contributed by atoms with Gasteiger partial charge in [0.2, 0.25) is 5.91 Å². The van der Waals surface area contributed by atoms with E-state index < -0.39 is 0 Å². The number of benzene rings is 1. The molecule has 0 bridgehead atoms. The fraction of sp³-hybridized carbons (Fsp3) is 0.273. The Balaban J connectivity index is 1.54. The molecule has 0 saturated carbocycles. The number of pyridine rings is 1. The van der Waals surface area contributed by atoms with E-state index in [9.17, 15) is 4.79 Å². The minimum absolute atomic E-state index is 0.0288. The molecule has 5 heteroatoms. The molecule has 0 fully saturated rings. The van der Waals surface area contributed by atoms with Crippen LogP contribution in [0.5, 0.6) is 0 Å². The molecule has 1 aromatic carbocycles. The van der Waals surface area contributed by atoms with Crippen LogP contribution in [0.3, 0.4) is 0 Å². The maximum absolute atomic E-state index is 12.8. The number of carbonyl (C=O) groups excluding carboxylic acids is 1. The molecule has 27 heavy (non-hydrogen) atoms. The predicted molar refractivity (Wildman–Crippen MR) is 104 cm³/mol. The largest absolute Gasteiger partial charge is 0.349 e. The van der Waals surface area contributed by atoms with Crippen LogP contribution in [0.1, 0.15) is 48.5 Å². The van der Waals surface area contributed by atoms with Crippen LogP contribution in [0, 0.1) is 0 Å². The van der Waals surface area contributed by atoms with E-state index in [-0.39, 0.29) is 17.9 Å². The highest BCUT2D eigenvalue weighted by Gasteiger charge is 2.26. The highest BCUT2D eigenvalue weighted by Crippen LogP contribution is 2.30. The summed E-state index contributed by atoms with van der Waals surface area (Å²) in [6.45, 7) is 1.94. The van der Waals surface area contributed by atoms with Gasteiger partial charge in [-0.2, -0.15) is 0 Å². The standard InChI is InChI=1S/C22H22N4O/c1-15(16-6-3-2-4-7-16)22(27)26-20-9-5-8-19-18(20)14-24-21(25-19)17-10-12-23-13-11-17/h2-4,6-7,10-15,20H,5,8-9H2,1H3,(H,26,27). The molecule has 5 nitrogen and oxygen atoms in total. The van der Waals surface area contributed by atoms with E-state index in [0.29, 0.717) is 5.82 Å². The number of aromatic nitrogens is 3. The summed E-state index contributed by atoms with van der Waals surface area (Å²) < 4.78 is 0. The number of rotatable bonds is 4. The van der Waals surface area contributed by atoms with Crippen molar-refractivity contribution in [1.29, 1.82) is 0 Å². The van der Waals surface area contributed by atoms with Crippen LogP contribution in [0.4, 0.5) is 0 Å². The highest BCUT2D eigenvalue weighted by atomic mass is 16.1. The Morgan fingerprint density at radius 1 is 1.15 bits per heavy atom. The van der Waals surface area contributed by atoms with Crippen LogP contribution in [0.25, 0.3) is 11.4 Å². The molecule has 0 aliphatic heterocycles. The summed E-state index contributed by atoms with van der Waals surface area (Å²) in [5.74, 6) is 0.562. The van der Waals surface area contributed by atoms with Gasteiger partial charge in [-0.3, -0.25) is 9.78 Å². The highest BCUT2D eigenvalue weighted by molar-refractivity contribution is 5.83. The van der Waals surface area contributed by atoms with Crippen molar-refractivity contribution in [2.75, 3.05) is 0 Å². The van der Waals surface area contributed by atoms with E-state index in [1.165, 1.54) is 0 Å².